The van der Waals surface area contributed by atoms with Crippen LogP contribution in [0.2, 0.25) is 0 Å². The van der Waals surface area contributed by atoms with Gasteiger partial charge in [0, 0.05) is 6.07 Å². The number of nitro benzene ring substituents is 1. The van der Waals surface area contributed by atoms with E-state index in [1.165, 1.54) is 12.1 Å². The molecule has 0 N–H and O–H groups in total. The monoisotopic (exact) mass is 218 g/mol. The number of benzene rings is 1. The summed E-state index contributed by atoms with van der Waals surface area (Å²) < 4.78 is 7.12. The second-order valence-corrected chi connectivity index (χ2v) is 3.31. The minimum absolute atomic E-state index is 0.00951. The highest BCUT2D eigenvalue weighted by Gasteiger charge is 2.20. The van der Waals surface area contributed by atoms with E-state index in [2.05, 4.69) is 10.2 Å². The highest BCUT2D eigenvalue weighted by atomic mass is 16.6. The van der Waals surface area contributed by atoms with Crippen molar-refractivity contribution in [3.05, 3.63) is 40.5 Å². The number of nitrogens with zero attached hydrogens (tertiary/aromatic N) is 4. The SMILES string of the molecule is O=[N+]([O-])c1ccc2c(c1)OCc1nncn1-2. The van der Waals surface area contributed by atoms with Crippen LogP contribution in [0.3, 0.4) is 0 Å². The molecule has 0 spiro atoms. The number of hydrogen-bond donors (Lipinski definition) is 0. The summed E-state index contributed by atoms with van der Waals surface area (Å²) in [4.78, 5) is 10.1. The number of rotatable bonds is 1. The number of hydrogen-bond acceptors (Lipinski definition) is 5. The van der Waals surface area contributed by atoms with Crippen molar-refractivity contribution in [1.29, 1.82) is 0 Å². The highest BCUT2D eigenvalue weighted by molar-refractivity contribution is 5.54. The summed E-state index contributed by atoms with van der Waals surface area (Å²) in [6, 6.07) is 4.45. The molecule has 1 aliphatic heterocycles. The minimum atomic E-state index is -0.453. The molecule has 0 fully saturated rings. The molecule has 0 amide bonds. The van der Waals surface area contributed by atoms with Crippen LogP contribution in [0, 0.1) is 10.1 Å². The molecule has 0 aliphatic carbocycles. The lowest BCUT2D eigenvalue weighted by atomic mass is 10.2. The third kappa shape index (κ3) is 1.14. The maximum absolute atomic E-state index is 10.6. The summed E-state index contributed by atoms with van der Waals surface area (Å²) in [5, 5.41) is 18.2. The number of fused-ring (bicyclic) bond motifs is 3. The van der Waals surface area contributed by atoms with Crippen LogP contribution in [-0.4, -0.2) is 19.7 Å². The molecule has 1 aromatic heterocycles. The molecule has 7 nitrogen and oxygen atoms in total. The Morgan fingerprint density at radius 3 is 3.19 bits per heavy atom. The molecule has 2 aromatic rings. The van der Waals surface area contributed by atoms with Crippen LogP contribution in [0.15, 0.2) is 24.5 Å². The van der Waals surface area contributed by atoms with Gasteiger partial charge in [-0.1, -0.05) is 0 Å². The van der Waals surface area contributed by atoms with Crippen LogP contribution in [-0.2, 0) is 6.61 Å². The van der Waals surface area contributed by atoms with Crippen molar-refractivity contribution >= 4 is 5.69 Å². The van der Waals surface area contributed by atoms with Gasteiger partial charge in [0.2, 0.25) is 0 Å². The summed E-state index contributed by atoms with van der Waals surface area (Å²) >= 11 is 0. The van der Waals surface area contributed by atoms with E-state index in [-0.39, 0.29) is 12.3 Å². The van der Waals surface area contributed by atoms with Gasteiger partial charge in [-0.3, -0.25) is 14.7 Å². The molecule has 1 aliphatic rings. The molecule has 7 heteroatoms. The molecule has 0 saturated heterocycles. The highest BCUT2D eigenvalue weighted by Crippen LogP contribution is 2.31. The van der Waals surface area contributed by atoms with Crippen LogP contribution in [0.1, 0.15) is 5.82 Å². The fourth-order valence-electron chi connectivity index (χ4n) is 1.63. The van der Waals surface area contributed by atoms with E-state index in [9.17, 15) is 10.1 Å². The molecule has 0 atom stereocenters. The zero-order chi connectivity index (χ0) is 11.1. The van der Waals surface area contributed by atoms with E-state index in [0.29, 0.717) is 11.6 Å². The molecular weight excluding hydrogens is 212 g/mol. The van der Waals surface area contributed by atoms with E-state index in [1.807, 2.05) is 0 Å². The first-order chi connectivity index (χ1) is 7.75. The number of aromatic nitrogens is 3. The molecule has 16 heavy (non-hydrogen) atoms. The zero-order valence-electron chi connectivity index (χ0n) is 8.03. The van der Waals surface area contributed by atoms with Crippen molar-refractivity contribution in [3.63, 3.8) is 0 Å². The third-order valence-corrected chi connectivity index (χ3v) is 2.39. The van der Waals surface area contributed by atoms with Crippen LogP contribution in [0.5, 0.6) is 5.75 Å². The summed E-state index contributed by atoms with van der Waals surface area (Å²) in [5.74, 6) is 1.16. The normalized spacial score (nSPS) is 12.5. The van der Waals surface area contributed by atoms with Crippen molar-refractivity contribution in [3.8, 4) is 11.4 Å². The molecule has 0 unspecified atom stereocenters. The van der Waals surface area contributed by atoms with Gasteiger partial charge in [-0.25, -0.2) is 0 Å². The standard InChI is InChI=1S/C9H6N4O3/c14-13(15)6-1-2-7-8(3-6)16-4-9-11-10-5-12(7)9/h1-3,5H,4H2. The van der Waals surface area contributed by atoms with Crippen LogP contribution >= 0.6 is 0 Å². The van der Waals surface area contributed by atoms with E-state index in [1.54, 1.807) is 17.0 Å². The molecule has 3 rings (SSSR count). The number of ether oxygens (including phenoxy) is 1. The fraction of sp³-hybridized carbons (Fsp3) is 0.111. The fourth-order valence-corrected chi connectivity index (χ4v) is 1.63. The summed E-state index contributed by atoms with van der Waals surface area (Å²) in [7, 11) is 0. The van der Waals surface area contributed by atoms with Crippen LogP contribution < -0.4 is 4.74 Å². The van der Waals surface area contributed by atoms with Crippen molar-refractivity contribution in [2.24, 2.45) is 0 Å². The minimum Gasteiger partial charge on any atom is -0.483 e. The van der Waals surface area contributed by atoms with Gasteiger partial charge in [0.1, 0.15) is 12.9 Å². The first-order valence-corrected chi connectivity index (χ1v) is 4.56. The van der Waals surface area contributed by atoms with Crippen molar-refractivity contribution in [2.45, 2.75) is 6.61 Å². The summed E-state index contributed by atoms with van der Waals surface area (Å²) in [6.07, 6.45) is 1.56. The Hall–Kier alpha value is -2.44. The molecule has 0 bridgehead atoms. The topological polar surface area (TPSA) is 83.1 Å². The van der Waals surface area contributed by atoms with Gasteiger partial charge in [-0.2, -0.15) is 0 Å². The third-order valence-electron chi connectivity index (χ3n) is 2.39. The quantitative estimate of drug-likeness (QED) is 0.528. The number of non-ortho nitro benzene ring substituents is 1. The molecule has 2 heterocycles. The van der Waals surface area contributed by atoms with E-state index >= 15 is 0 Å². The molecule has 80 valence electrons. The van der Waals surface area contributed by atoms with Gasteiger partial charge in [0.25, 0.3) is 5.69 Å². The molecule has 0 saturated carbocycles. The smallest absolute Gasteiger partial charge is 0.273 e. The van der Waals surface area contributed by atoms with E-state index in [0.717, 1.165) is 5.69 Å². The van der Waals surface area contributed by atoms with Gasteiger partial charge in [-0.05, 0) is 6.07 Å². The summed E-state index contributed by atoms with van der Waals surface area (Å²) in [5.41, 5.74) is 0.729. The van der Waals surface area contributed by atoms with Gasteiger partial charge in [-0.15, -0.1) is 10.2 Å². The Labute approximate surface area is 89.4 Å². The zero-order valence-corrected chi connectivity index (χ0v) is 8.03. The largest absolute Gasteiger partial charge is 0.483 e. The Morgan fingerprint density at radius 2 is 2.38 bits per heavy atom. The predicted molar refractivity (Wildman–Crippen MR) is 52.3 cm³/mol. The first-order valence-electron chi connectivity index (χ1n) is 4.56. The summed E-state index contributed by atoms with van der Waals surface area (Å²) in [6.45, 7) is 0.272. The average molecular weight is 218 g/mol. The Bertz CT molecular complexity index is 578. The predicted octanol–water partition coefficient (Wildman–Crippen LogP) is 1.07. The Balaban J connectivity index is 2.17. The Kier molecular flexibility index (Phi) is 1.67. The Morgan fingerprint density at radius 1 is 1.50 bits per heavy atom. The van der Waals surface area contributed by atoms with Gasteiger partial charge < -0.3 is 4.74 Å². The van der Waals surface area contributed by atoms with E-state index in [4.69, 9.17) is 4.74 Å². The molecule has 0 radical (unpaired) electrons. The first kappa shape index (κ1) is 8.84. The maximum Gasteiger partial charge on any atom is 0.273 e. The molecular formula is C9H6N4O3. The van der Waals surface area contributed by atoms with Crippen LogP contribution in [0.4, 0.5) is 5.69 Å². The lowest BCUT2D eigenvalue weighted by Gasteiger charge is -2.17. The van der Waals surface area contributed by atoms with E-state index < -0.39 is 4.92 Å². The second kappa shape index (κ2) is 3.02. The lowest BCUT2D eigenvalue weighted by molar-refractivity contribution is -0.384. The second-order valence-electron chi connectivity index (χ2n) is 3.31. The number of nitro groups is 1. The van der Waals surface area contributed by atoms with Gasteiger partial charge >= 0.3 is 0 Å². The van der Waals surface area contributed by atoms with Crippen LogP contribution in [0.25, 0.3) is 5.69 Å². The van der Waals surface area contributed by atoms with Crippen molar-refractivity contribution in [1.82, 2.24) is 14.8 Å². The van der Waals surface area contributed by atoms with Gasteiger partial charge in [0.15, 0.2) is 11.6 Å². The van der Waals surface area contributed by atoms with Gasteiger partial charge in [0.05, 0.1) is 16.7 Å². The maximum atomic E-state index is 10.6. The average Bonchev–Trinajstić information content (AvgIpc) is 2.76. The van der Waals surface area contributed by atoms with Crippen molar-refractivity contribution in [2.75, 3.05) is 0 Å². The lowest BCUT2D eigenvalue weighted by Crippen LogP contribution is -2.12. The molecule has 1 aromatic carbocycles. The van der Waals surface area contributed by atoms with Crippen molar-refractivity contribution < 1.29 is 9.66 Å².